The van der Waals surface area contributed by atoms with Crippen molar-refractivity contribution in [2.75, 3.05) is 56.0 Å². The summed E-state index contributed by atoms with van der Waals surface area (Å²) in [6.45, 7) is 19.9. The Labute approximate surface area is 837 Å². The lowest BCUT2D eigenvalue weighted by atomic mass is 9.97. The highest BCUT2D eigenvalue weighted by atomic mass is 35.5. The number of aromatic nitrogens is 4. The van der Waals surface area contributed by atoms with E-state index in [2.05, 4.69) is 81.5 Å². The molecule has 16 aromatic rings. The second-order valence-corrected chi connectivity index (χ2v) is 43.9. The zero-order valence-electron chi connectivity index (χ0n) is 76.8. The van der Waals surface area contributed by atoms with Crippen molar-refractivity contribution < 1.29 is 64.9 Å². The molecule has 10 N–H and O–H groups in total. The molecule has 0 bridgehead atoms. The molecule has 12 aromatic carbocycles. The smallest absolute Gasteiger partial charge is 0.413 e. The number of ether oxygens (including phenoxy) is 4. The van der Waals surface area contributed by atoms with E-state index in [0.29, 0.717) is 77.9 Å². The Morgan fingerprint density at radius 3 is 0.891 bits per heavy atom. The van der Waals surface area contributed by atoms with E-state index in [1.54, 1.807) is 84.9 Å². The number of anilines is 7. The van der Waals surface area contributed by atoms with Gasteiger partial charge in [-0.05, 0) is 307 Å². The van der Waals surface area contributed by atoms with Crippen LogP contribution in [0.15, 0.2) is 243 Å². The van der Waals surface area contributed by atoms with E-state index in [0.717, 1.165) is 155 Å². The molecule has 0 fully saturated rings. The maximum atomic E-state index is 12.3. The van der Waals surface area contributed by atoms with E-state index in [9.17, 15) is 40.8 Å². The summed E-state index contributed by atoms with van der Waals surface area (Å²) in [5.74, 6) is -1.16. The Hall–Kier alpha value is -12.8. The lowest BCUT2D eigenvalue weighted by Crippen LogP contribution is -2.27. The van der Waals surface area contributed by atoms with Crippen LogP contribution in [0.3, 0.4) is 0 Å². The number of nitrogen functional groups attached to an aromatic ring is 2. The minimum atomic E-state index is -3.33. The van der Waals surface area contributed by atoms with E-state index in [4.69, 9.17) is 82.2 Å². The van der Waals surface area contributed by atoms with Crippen molar-refractivity contribution in [3.63, 3.8) is 0 Å². The Balaban J connectivity index is 0.000000173. The first-order valence-corrected chi connectivity index (χ1v) is 51.1. The molecule has 0 unspecified atom stereocenters. The van der Waals surface area contributed by atoms with Crippen LogP contribution in [-0.2, 0) is 69.5 Å². The number of nitrogens with one attached hydrogen (secondary N) is 5. The lowest BCUT2D eigenvalue weighted by Gasteiger charge is -2.18. The van der Waals surface area contributed by atoms with Crippen molar-refractivity contribution in [1.29, 1.82) is 0 Å². The highest BCUT2D eigenvalue weighted by Crippen LogP contribution is 2.43. The molecule has 16 rings (SSSR count). The quantitative estimate of drug-likeness (QED) is 0.0188. The fourth-order valence-corrected chi connectivity index (χ4v) is 19.5. The van der Waals surface area contributed by atoms with Crippen molar-refractivity contribution >= 4 is 220 Å². The number of carbonyl (C=O) groups excluding carboxylic acids is 4. The van der Waals surface area contributed by atoms with Gasteiger partial charge in [-0.2, -0.15) is 0 Å². The molecule has 25 nitrogen and oxygen atoms in total. The molecule has 4 aromatic heterocycles. The number of esters is 1. The fourth-order valence-electron chi connectivity index (χ4n) is 14.0. The number of hydrogen-bond donors (Lipinski definition) is 8. The summed E-state index contributed by atoms with van der Waals surface area (Å²) >= 11 is 30.6. The van der Waals surface area contributed by atoms with Crippen LogP contribution in [0.2, 0.25) is 20.1 Å². The predicted molar refractivity (Wildman–Crippen MR) is 569 cm³/mol. The number of rotatable bonds is 21. The zero-order chi connectivity index (χ0) is 99.0. The van der Waals surface area contributed by atoms with Gasteiger partial charge in [-0.1, -0.05) is 196 Å². The van der Waals surface area contributed by atoms with E-state index in [1.807, 2.05) is 191 Å². The number of sulfonamides is 2. The maximum absolute atomic E-state index is 12.3. The number of fused-ring (bicyclic) bond motifs is 4. The summed E-state index contributed by atoms with van der Waals surface area (Å²) in [5, 5.41) is 21.8. The molecule has 0 radical (unpaired) electrons. The maximum Gasteiger partial charge on any atom is 0.413 e. The molecular formula is C103H103Cl4N11O14S6. The number of aromatic carboxylic acids is 1. The first-order valence-electron chi connectivity index (χ1n) is 42.6. The lowest BCUT2D eigenvalue weighted by molar-refractivity contribution is -0.140. The van der Waals surface area contributed by atoms with Gasteiger partial charge in [-0.3, -0.25) is 30.2 Å². The molecule has 718 valence electrons. The summed E-state index contributed by atoms with van der Waals surface area (Å²) in [7, 11) is -6.62. The predicted octanol–water partition coefficient (Wildman–Crippen LogP) is 27.7. The number of halogens is 4. The third-order valence-electron chi connectivity index (χ3n) is 19.3. The van der Waals surface area contributed by atoms with Crippen LogP contribution in [0, 0.1) is 0 Å². The SMILES string of the molecule is C.CC(C)(C)OC(=O)Nc1nc2c(-c3cccc(Cl)c3)cc(Cc3ccc(C(=O)O)cc3)cc2s1.CC(C)(C)OC(=O)Nc1nc2c(-c3cccc(Cl)c3)cc(Cc3ccc(N)cc3)cc2s1.CC(C)(C)OC(=O)Nc1nc2c(-c3cccc(Cl)c3)cc(Cc3ccc(NS(C)(=O)=O)cc3)cc2s1.CCOC(C)=O.CS(=O)(=O)Nc1ccc(Cc2cc(-c3cccc(Cl)c3)c3nc(N)sc3c2)cc1. The van der Waals surface area contributed by atoms with Gasteiger partial charge in [0.05, 0.1) is 65.5 Å². The van der Waals surface area contributed by atoms with Crippen LogP contribution < -0.4 is 36.9 Å². The van der Waals surface area contributed by atoms with E-state index in [-0.39, 0.29) is 19.0 Å². The number of nitrogens with zero attached hydrogens (tertiary/aromatic N) is 4. The fraction of sp³-hybridized carbons (Fsp3) is 0.214. The molecule has 0 aliphatic carbocycles. The van der Waals surface area contributed by atoms with Crippen molar-refractivity contribution in [2.45, 2.75) is 126 Å². The van der Waals surface area contributed by atoms with Gasteiger partial charge in [0, 0.05) is 66.3 Å². The largest absolute Gasteiger partial charge is 0.478 e. The van der Waals surface area contributed by atoms with Crippen LogP contribution in [0.5, 0.6) is 0 Å². The number of hydrogen-bond acceptors (Lipinski definition) is 23. The summed E-state index contributed by atoms with van der Waals surface area (Å²) in [6.07, 6.45) is 3.28. The normalized spacial score (nSPS) is 11.4. The third-order valence-corrected chi connectivity index (χ3v) is 25.0. The topological polar surface area (TPSA) is 375 Å². The van der Waals surface area contributed by atoms with Crippen LogP contribution in [-0.4, -0.2) is 108 Å². The summed E-state index contributed by atoms with van der Waals surface area (Å²) in [6, 6.07) is 76.4. The van der Waals surface area contributed by atoms with Gasteiger partial charge in [-0.15, -0.1) is 0 Å². The van der Waals surface area contributed by atoms with Gasteiger partial charge in [0.15, 0.2) is 20.5 Å². The second kappa shape index (κ2) is 46.1. The van der Waals surface area contributed by atoms with Crippen LogP contribution in [0.1, 0.15) is 138 Å². The molecule has 0 saturated carbocycles. The molecule has 0 atom stereocenters. The molecule has 0 saturated heterocycles. The Bertz CT molecular complexity index is 7350. The Morgan fingerprint density at radius 1 is 0.377 bits per heavy atom. The molecule has 138 heavy (non-hydrogen) atoms. The summed E-state index contributed by atoms with van der Waals surface area (Å²) < 4.78 is 74.9. The monoisotopic (exact) mass is 2050 g/mol. The summed E-state index contributed by atoms with van der Waals surface area (Å²) in [5.41, 5.74) is 31.3. The number of nitrogens with two attached hydrogens (primary N) is 2. The van der Waals surface area contributed by atoms with Crippen molar-refractivity contribution in [3.8, 4) is 44.5 Å². The average molecular weight is 2050 g/mol. The number of carboxylic acids is 1. The van der Waals surface area contributed by atoms with E-state index >= 15 is 0 Å². The number of carbonyl (C=O) groups is 5. The van der Waals surface area contributed by atoms with Gasteiger partial charge in [0.25, 0.3) is 0 Å². The molecule has 0 spiro atoms. The standard InChI is InChI=1S/C26H26ClN3O4S2.C26H23ClN2O4S.C25H24ClN3O2S.C21H18ClN3O2S2.C4H8O2.CH4/c1-26(2,3)34-25(31)29-24-28-23-21(18-6-5-7-19(27)15-18)13-17(14-22(23)35-24)12-16-8-10-20(11-9-16)30-36(4,32)33;1-26(2,3)33-25(32)29-24-28-22-20(18-5-4-6-19(27)14-18)12-16(13-21(22)34-24)11-15-7-9-17(10-8-15)23(30)31;1-25(2,3)31-24(30)29-23-28-22-20(17-5-4-6-18(26)14-17)12-16(13-21(22)32-23)11-15-7-9-19(27)10-8-15;1-29(26,27)25-17-7-5-13(6-8-17)9-14-10-18(15-3-2-4-16(22)12-15)20-19(11-14)28-21(23)24-20;1-3-6-4(2)5;/h5-11,13-15,30H,12H2,1-4H3,(H,28,29,31);4-10,12-14H,11H2,1-3H3,(H,30,31)(H,28,29,32);4-10,12-14H,11,27H2,1-3H3,(H,28,29,30);2-8,10-12,25H,9H2,1H3,(H2,23,24);3H2,1-2H3;1H4. The highest BCUT2D eigenvalue weighted by Gasteiger charge is 2.25. The van der Waals surface area contributed by atoms with Gasteiger partial charge < -0.3 is 35.5 Å². The van der Waals surface area contributed by atoms with Gasteiger partial charge in [0.1, 0.15) is 16.8 Å². The number of thiazole rings is 4. The summed E-state index contributed by atoms with van der Waals surface area (Å²) in [4.78, 5) is 76.3. The Morgan fingerprint density at radius 2 is 0.645 bits per heavy atom. The molecule has 3 amide bonds. The van der Waals surface area contributed by atoms with Gasteiger partial charge in [0.2, 0.25) is 20.0 Å². The highest BCUT2D eigenvalue weighted by molar-refractivity contribution is 7.92. The molecule has 35 heteroatoms. The van der Waals surface area contributed by atoms with Gasteiger partial charge >= 0.3 is 30.2 Å². The first kappa shape index (κ1) is 106. The van der Waals surface area contributed by atoms with Gasteiger partial charge in [-0.25, -0.2) is 55.9 Å². The first-order chi connectivity index (χ1) is 64.6. The number of benzene rings is 12. The zero-order valence-corrected chi connectivity index (χ0v) is 84.7. The van der Waals surface area contributed by atoms with Crippen molar-refractivity contribution in [1.82, 2.24) is 19.9 Å². The second-order valence-electron chi connectivity index (χ2n) is 34.5. The Kier molecular flexibility index (Phi) is 35.3. The van der Waals surface area contributed by atoms with E-state index in [1.165, 1.54) is 52.3 Å². The molecule has 0 aliphatic heterocycles. The number of amides is 3. The van der Waals surface area contributed by atoms with Crippen LogP contribution in [0.25, 0.3) is 85.4 Å². The minimum absolute atomic E-state index is 0. The minimum Gasteiger partial charge on any atom is -0.478 e. The molecular weight excluding hydrogens is 1950 g/mol. The molecule has 4 heterocycles. The molecule has 0 aliphatic rings. The number of carboxylic acid groups (broad SMARTS) is 1. The van der Waals surface area contributed by atoms with Crippen molar-refractivity contribution in [2.24, 2.45) is 0 Å². The van der Waals surface area contributed by atoms with E-state index < -0.39 is 61.1 Å². The van der Waals surface area contributed by atoms with Crippen LogP contribution >= 0.6 is 91.8 Å². The third kappa shape index (κ3) is 32.2. The van der Waals surface area contributed by atoms with Crippen LogP contribution in [0.4, 0.5) is 52.0 Å². The average Bonchev–Trinajstić information content (AvgIpc) is 1.76. The van der Waals surface area contributed by atoms with Crippen molar-refractivity contribution in [3.05, 3.63) is 313 Å².